The van der Waals surface area contributed by atoms with Crippen LogP contribution in [-0.2, 0) is 11.5 Å². The van der Waals surface area contributed by atoms with Gasteiger partial charge in [0.25, 0.3) is 10.9 Å². The van der Waals surface area contributed by atoms with Crippen molar-refractivity contribution in [2.75, 3.05) is 0 Å². The summed E-state index contributed by atoms with van der Waals surface area (Å²) in [6.45, 7) is 0. The summed E-state index contributed by atoms with van der Waals surface area (Å²) in [5, 5.41) is 9.53. The van der Waals surface area contributed by atoms with E-state index in [1.165, 1.54) is 6.07 Å². The van der Waals surface area contributed by atoms with Crippen LogP contribution in [0.4, 0.5) is 11.4 Å². The molecule has 0 aliphatic heterocycles. The molecule has 0 aromatic heterocycles. The molecule has 0 heterocycles. The van der Waals surface area contributed by atoms with E-state index < -0.39 is 15.9 Å². The van der Waals surface area contributed by atoms with Crippen LogP contribution in [-0.4, -0.2) is 14.4 Å². The molecule has 6 nitrogen and oxygen atoms in total. The third-order valence-electron chi connectivity index (χ3n) is 1.53. The Morgan fingerprint density at radius 3 is 2.67 bits per heavy atom. The molecule has 0 unspecified atom stereocenters. The maximum absolute atomic E-state index is 10.9. The van der Waals surface area contributed by atoms with Crippen molar-refractivity contribution in [2.24, 2.45) is 4.36 Å². The Bertz CT molecular complexity index is 484. The largest absolute Gasteiger partial charge is 0.281 e. The first-order chi connectivity index (χ1) is 7.06. The van der Waals surface area contributed by atoms with Crippen molar-refractivity contribution >= 4 is 39.7 Å². The van der Waals surface area contributed by atoms with Gasteiger partial charge in [-0.2, -0.15) is 8.57 Å². The van der Waals surface area contributed by atoms with Crippen LogP contribution in [0.3, 0.4) is 0 Å². The standard InChI is InChI=1S/C7H3ClN2O4S/c8-7(11)5-3-4(9-15-14)1-2-6(5)10(12)13/h1-3H. The Morgan fingerprint density at radius 2 is 2.20 bits per heavy atom. The number of nitro groups is 1. The third-order valence-corrected chi connectivity index (χ3v) is 2.02. The molecule has 15 heavy (non-hydrogen) atoms. The lowest BCUT2D eigenvalue weighted by atomic mass is 10.2. The molecule has 1 aromatic carbocycles. The van der Waals surface area contributed by atoms with Crippen molar-refractivity contribution in [3.8, 4) is 0 Å². The summed E-state index contributed by atoms with van der Waals surface area (Å²) in [4.78, 5) is 20.6. The van der Waals surface area contributed by atoms with Gasteiger partial charge in [0.1, 0.15) is 5.56 Å². The lowest BCUT2D eigenvalue weighted by molar-refractivity contribution is -0.385. The van der Waals surface area contributed by atoms with Crippen LogP contribution >= 0.6 is 11.6 Å². The predicted molar refractivity (Wildman–Crippen MR) is 53.5 cm³/mol. The van der Waals surface area contributed by atoms with Gasteiger partial charge in [-0.25, -0.2) is 0 Å². The molecule has 0 saturated carbocycles. The number of carbonyl (C=O) groups excluding carboxylic acids is 1. The second-order valence-corrected chi connectivity index (χ2v) is 3.07. The molecule has 0 spiro atoms. The maximum atomic E-state index is 10.9. The highest BCUT2D eigenvalue weighted by atomic mass is 35.5. The summed E-state index contributed by atoms with van der Waals surface area (Å²) < 4.78 is 13.5. The summed E-state index contributed by atoms with van der Waals surface area (Å²) in [5.74, 6) is 0. The fourth-order valence-corrected chi connectivity index (χ4v) is 1.29. The Kier molecular flexibility index (Phi) is 3.64. The molecule has 0 atom stereocenters. The minimum absolute atomic E-state index is 0.0598. The average molecular weight is 247 g/mol. The predicted octanol–water partition coefficient (Wildman–Crippen LogP) is 2.00. The van der Waals surface area contributed by atoms with Crippen LogP contribution in [0, 0.1) is 10.1 Å². The number of nitrogens with zero attached hydrogens (tertiary/aromatic N) is 2. The van der Waals surface area contributed by atoms with Gasteiger partial charge in [0.15, 0.2) is 0 Å². The van der Waals surface area contributed by atoms with Gasteiger partial charge in [-0.3, -0.25) is 14.9 Å². The molecule has 0 bridgehead atoms. The van der Waals surface area contributed by atoms with Gasteiger partial charge in [-0.15, -0.1) is 0 Å². The van der Waals surface area contributed by atoms with Crippen LogP contribution in [0.2, 0.25) is 0 Å². The fraction of sp³-hybridized carbons (Fsp3) is 0. The van der Waals surface area contributed by atoms with Gasteiger partial charge in [-0.05, 0) is 23.7 Å². The summed E-state index contributed by atoms with van der Waals surface area (Å²) in [6, 6.07) is 3.43. The van der Waals surface area contributed by atoms with Gasteiger partial charge in [0, 0.05) is 6.07 Å². The van der Waals surface area contributed by atoms with E-state index in [4.69, 9.17) is 11.6 Å². The second-order valence-electron chi connectivity index (χ2n) is 2.40. The molecule has 1 aromatic rings. The first-order valence-electron chi connectivity index (χ1n) is 3.54. The van der Waals surface area contributed by atoms with Gasteiger partial charge >= 0.3 is 0 Å². The van der Waals surface area contributed by atoms with E-state index in [-0.39, 0.29) is 22.7 Å². The van der Waals surface area contributed by atoms with E-state index in [1.807, 2.05) is 0 Å². The highest BCUT2D eigenvalue weighted by Gasteiger charge is 2.18. The maximum Gasteiger partial charge on any atom is 0.281 e. The fourth-order valence-electron chi connectivity index (χ4n) is 0.940. The summed E-state index contributed by atoms with van der Waals surface area (Å²) >= 11 is 5.09. The smallest absolute Gasteiger partial charge is 0.275 e. The summed E-state index contributed by atoms with van der Waals surface area (Å²) in [6.07, 6.45) is 0. The minimum Gasteiger partial charge on any atom is -0.275 e. The molecule has 0 aliphatic rings. The molecule has 78 valence electrons. The molecule has 0 radical (unpaired) electrons. The van der Waals surface area contributed by atoms with Crippen LogP contribution in [0.15, 0.2) is 22.6 Å². The molecular weight excluding hydrogens is 244 g/mol. The highest BCUT2D eigenvalue weighted by molar-refractivity contribution is 7.54. The minimum atomic E-state index is -0.963. The second kappa shape index (κ2) is 4.76. The van der Waals surface area contributed by atoms with E-state index in [9.17, 15) is 19.1 Å². The van der Waals surface area contributed by atoms with E-state index >= 15 is 0 Å². The lowest BCUT2D eigenvalue weighted by Gasteiger charge is -1.97. The molecule has 1 rings (SSSR count). The number of nitro benzene ring substituents is 1. The van der Waals surface area contributed by atoms with Crippen LogP contribution in [0.1, 0.15) is 10.4 Å². The molecule has 0 N–H and O–H groups in total. The van der Waals surface area contributed by atoms with E-state index in [0.29, 0.717) is 0 Å². The summed E-state index contributed by atoms with van der Waals surface area (Å²) in [7, 11) is 0. The number of carbonyl (C=O) groups is 1. The number of halogens is 1. The Labute approximate surface area is 92.3 Å². The van der Waals surface area contributed by atoms with Crippen LogP contribution in [0.25, 0.3) is 0 Å². The van der Waals surface area contributed by atoms with E-state index in [0.717, 1.165) is 12.1 Å². The molecule has 0 saturated heterocycles. The zero-order valence-electron chi connectivity index (χ0n) is 7.05. The van der Waals surface area contributed by atoms with Gasteiger partial charge in [-0.1, -0.05) is 0 Å². The first-order valence-corrected chi connectivity index (χ1v) is 4.62. The van der Waals surface area contributed by atoms with Crippen molar-refractivity contribution in [1.82, 2.24) is 0 Å². The Hall–Kier alpha value is -1.60. The molecule has 0 aliphatic carbocycles. The normalized spacial score (nSPS) is 9.40. The molecule has 0 fully saturated rings. The van der Waals surface area contributed by atoms with Gasteiger partial charge in [0.05, 0.1) is 10.6 Å². The molecule has 0 amide bonds. The zero-order valence-corrected chi connectivity index (χ0v) is 8.62. The van der Waals surface area contributed by atoms with Gasteiger partial charge in [0.2, 0.25) is 11.5 Å². The van der Waals surface area contributed by atoms with Crippen LogP contribution in [0.5, 0.6) is 0 Å². The topological polar surface area (TPSA) is 89.6 Å². The lowest BCUT2D eigenvalue weighted by Crippen LogP contribution is -1.97. The van der Waals surface area contributed by atoms with Crippen molar-refractivity contribution in [3.63, 3.8) is 0 Å². The van der Waals surface area contributed by atoms with Crippen molar-refractivity contribution in [3.05, 3.63) is 33.9 Å². The van der Waals surface area contributed by atoms with Crippen molar-refractivity contribution < 1.29 is 13.9 Å². The van der Waals surface area contributed by atoms with E-state index in [1.54, 1.807) is 0 Å². The van der Waals surface area contributed by atoms with Crippen molar-refractivity contribution in [1.29, 1.82) is 0 Å². The molecule has 8 heteroatoms. The number of hydrogen-bond donors (Lipinski definition) is 0. The SMILES string of the molecule is O=S=Nc1ccc([N+](=O)[O-])c(C(=O)Cl)c1. The quantitative estimate of drug-likeness (QED) is 0.463. The first kappa shape index (κ1) is 11.5. The molecular formula is C7H3ClN2O4S. The third kappa shape index (κ3) is 2.67. The van der Waals surface area contributed by atoms with Crippen molar-refractivity contribution in [2.45, 2.75) is 0 Å². The van der Waals surface area contributed by atoms with Crippen LogP contribution < -0.4 is 0 Å². The Morgan fingerprint density at radius 1 is 1.53 bits per heavy atom. The Balaban J connectivity index is 3.39. The monoisotopic (exact) mass is 246 g/mol. The van der Waals surface area contributed by atoms with E-state index in [2.05, 4.69) is 4.36 Å². The zero-order chi connectivity index (χ0) is 11.4. The summed E-state index contributed by atoms with van der Waals surface area (Å²) in [5.41, 5.74) is -0.536. The number of hydrogen-bond acceptors (Lipinski definition) is 5. The average Bonchev–Trinajstić information content (AvgIpc) is 2.17. The number of benzene rings is 1. The van der Waals surface area contributed by atoms with Gasteiger partial charge < -0.3 is 0 Å². The highest BCUT2D eigenvalue weighted by Crippen LogP contribution is 2.25. The number of rotatable bonds is 3.